The Balaban J connectivity index is 1.50. The second kappa shape index (κ2) is 10.4. The summed E-state index contributed by atoms with van der Waals surface area (Å²) in [4.78, 5) is 33.1. The van der Waals surface area contributed by atoms with Gasteiger partial charge in [-0.05, 0) is 54.1 Å². The van der Waals surface area contributed by atoms with Gasteiger partial charge in [-0.1, -0.05) is 36.1 Å². The Hall–Kier alpha value is -4.83. The molecule has 202 valence electrons. The number of carbonyl (C=O) groups excluding carboxylic acids is 2. The molecule has 0 unspecified atom stereocenters. The molecular formula is C30H24N2O7S. The Bertz CT molecular complexity index is 1680. The predicted octanol–water partition coefficient (Wildman–Crippen LogP) is 5.27. The highest BCUT2D eigenvalue weighted by molar-refractivity contribution is 7.22. The Morgan fingerprint density at radius 3 is 2.58 bits per heavy atom. The van der Waals surface area contributed by atoms with E-state index >= 15 is 0 Å². The van der Waals surface area contributed by atoms with E-state index in [0.29, 0.717) is 64.6 Å². The van der Waals surface area contributed by atoms with E-state index in [1.54, 1.807) is 67.8 Å². The SMILES string of the molecule is C=CCOc1ccc([C@H]2C(=C(O)c3ccc4c(c3)OCCO4)C(=O)C(=O)N2c2nc3ccc(OC)cc3s2)cc1. The number of ether oxygens (including phenoxy) is 4. The van der Waals surface area contributed by atoms with Gasteiger partial charge in [0, 0.05) is 5.56 Å². The van der Waals surface area contributed by atoms with Gasteiger partial charge in [-0.25, -0.2) is 4.98 Å². The lowest BCUT2D eigenvalue weighted by Crippen LogP contribution is -2.29. The van der Waals surface area contributed by atoms with Gasteiger partial charge in [-0.3, -0.25) is 14.5 Å². The van der Waals surface area contributed by atoms with Crippen molar-refractivity contribution in [3.05, 3.63) is 90.0 Å². The zero-order valence-corrected chi connectivity index (χ0v) is 22.3. The van der Waals surface area contributed by atoms with Crippen molar-refractivity contribution in [2.24, 2.45) is 0 Å². The fraction of sp³-hybridized carbons (Fsp3) is 0.167. The maximum atomic E-state index is 13.6. The number of thiazole rings is 1. The van der Waals surface area contributed by atoms with Crippen LogP contribution in [0.1, 0.15) is 17.2 Å². The molecule has 6 rings (SSSR count). The number of carbonyl (C=O) groups is 2. The fourth-order valence-corrected chi connectivity index (χ4v) is 5.74. The molecule has 10 heteroatoms. The molecule has 40 heavy (non-hydrogen) atoms. The molecule has 9 nitrogen and oxygen atoms in total. The van der Waals surface area contributed by atoms with Crippen LogP contribution in [0.2, 0.25) is 0 Å². The van der Waals surface area contributed by atoms with E-state index in [1.165, 1.54) is 16.2 Å². The molecule has 1 N–H and O–H groups in total. The van der Waals surface area contributed by atoms with Crippen molar-refractivity contribution in [3.63, 3.8) is 0 Å². The van der Waals surface area contributed by atoms with Crippen molar-refractivity contribution in [3.8, 4) is 23.0 Å². The number of methoxy groups -OCH3 is 1. The van der Waals surface area contributed by atoms with Gasteiger partial charge in [-0.15, -0.1) is 0 Å². The van der Waals surface area contributed by atoms with Crippen LogP contribution in [0, 0.1) is 0 Å². The van der Waals surface area contributed by atoms with E-state index in [2.05, 4.69) is 11.6 Å². The Morgan fingerprint density at radius 1 is 1.07 bits per heavy atom. The van der Waals surface area contributed by atoms with Gasteiger partial charge < -0.3 is 24.1 Å². The van der Waals surface area contributed by atoms with Crippen LogP contribution in [0.3, 0.4) is 0 Å². The molecule has 1 amide bonds. The second-order valence-corrected chi connectivity index (χ2v) is 10.0. The summed E-state index contributed by atoms with van der Waals surface area (Å²) in [6, 6.07) is 16.4. The zero-order valence-electron chi connectivity index (χ0n) is 21.5. The standard InChI is InChI=1S/C30H24N2O7S/c1-3-12-37-19-7-4-17(5-8-19)26-25(27(33)18-6-11-22-23(15-18)39-14-13-38-22)28(34)29(35)32(26)30-31-21-10-9-20(36-2)16-24(21)40-30/h3-11,15-16,26,33H,1,12-14H2,2H3/t26-/m0/s1. The largest absolute Gasteiger partial charge is 0.507 e. The highest BCUT2D eigenvalue weighted by Crippen LogP contribution is 2.45. The quantitative estimate of drug-likeness (QED) is 0.142. The smallest absolute Gasteiger partial charge is 0.301 e. The third-order valence-corrected chi connectivity index (χ3v) is 7.63. The Labute approximate surface area is 233 Å². The average Bonchev–Trinajstić information content (AvgIpc) is 3.53. The third-order valence-electron chi connectivity index (χ3n) is 6.61. The Morgan fingerprint density at radius 2 is 1.82 bits per heavy atom. The summed E-state index contributed by atoms with van der Waals surface area (Å²) >= 11 is 1.26. The maximum absolute atomic E-state index is 13.6. The van der Waals surface area contributed by atoms with Crippen molar-refractivity contribution in [2.45, 2.75) is 6.04 Å². The van der Waals surface area contributed by atoms with E-state index in [1.807, 2.05) is 6.07 Å². The van der Waals surface area contributed by atoms with Gasteiger partial charge in [0.25, 0.3) is 5.78 Å². The average molecular weight is 557 g/mol. The topological polar surface area (TPSA) is 107 Å². The number of rotatable bonds is 7. The highest BCUT2D eigenvalue weighted by atomic mass is 32.1. The van der Waals surface area contributed by atoms with E-state index in [-0.39, 0.29) is 11.3 Å². The second-order valence-electron chi connectivity index (χ2n) is 9.03. The van der Waals surface area contributed by atoms with Crippen LogP contribution in [0.15, 0.2) is 78.9 Å². The highest BCUT2D eigenvalue weighted by Gasteiger charge is 2.48. The number of anilines is 1. The molecule has 0 radical (unpaired) electrons. The molecule has 1 saturated heterocycles. The number of aliphatic hydroxyl groups excluding tert-OH is 1. The zero-order chi connectivity index (χ0) is 27.8. The first-order valence-electron chi connectivity index (χ1n) is 12.5. The summed E-state index contributed by atoms with van der Waals surface area (Å²) in [6.07, 6.45) is 1.64. The molecule has 0 spiro atoms. The molecule has 0 bridgehead atoms. The first kappa shape index (κ1) is 25.4. The Kier molecular flexibility index (Phi) is 6.61. The predicted molar refractivity (Wildman–Crippen MR) is 151 cm³/mol. The minimum Gasteiger partial charge on any atom is -0.507 e. The fourth-order valence-electron chi connectivity index (χ4n) is 4.72. The van der Waals surface area contributed by atoms with Crippen LogP contribution in [0.25, 0.3) is 16.0 Å². The maximum Gasteiger partial charge on any atom is 0.301 e. The summed E-state index contributed by atoms with van der Waals surface area (Å²) < 4.78 is 23.0. The number of fused-ring (bicyclic) bond motifs is 2. The van der Waals surface area contributed by atoms with Gasteiger partial charge in [0.1, 0.15) is 37.1 Å². The van der Waals surface area contributed by atoms with Crippen LogP contribution in [-0.4, -0.2) is 48.7 Å². The number of aromatic nitrogens is 1. The summed E-state index contributed by atoms with van der Waals surface area (Å²) in [5.74, 6) is 0.306. The number of Topliss-reactive ketones (excluding diaryl/α,β-unsaturated/α-hetero) is 1. The van der Waals surface area contributed by atoms with Gasteiger partial charge in [0.05, 0.1) is 28.9 Å². The summed E-state index contributed by atoms with van der Waals surface area (Å²) in [6.45, 7) is 4.78. The van der Waals surface area contributed by atoms with Crippen molar-refractivity contribution in [1.29, 1.82) is 0 Å². The number of hydrogen-bond acceptors (Lipinski definition) is 9. The minimum absolute atomic E-state index is 0.0572. The van der Waals surface area contributed by atoms with Gasteiger partial charge >= 0.3 is 5.91 Å². The molecule has 1 aromatic heterocycles. The van der Waals surface area contributed by atoms with E-state index in [4.69, 9.17) is 18.9 Å². The molecule has 4 aromatic rings. The van der Waals surface area contributed by atoms with Crippen molar-refractivity contribution in [2.75, 3.05) is 31.8 Å². The molecule has 1 fully saturated rings. The van der Waals surface area contributed by atoms with E-state index in [9.17, 15) is 14.7 Å². The van der Waals surface area contributed by atoms with Crippen molar-refractivity contribution >= 4 is 44.1 Å². The molecule has 3 aromatic carbocycles. The summed E-state index contributed by atoms with van der Waals surface area (Å²) in [5, 5.41) is 11.8. The summed E-state index contributed by atoms with van der Waals surface area (Å²) in [7, 11) is 1.57. The van der Waals surface area contributed by atoms with Crippen molar-refractivity contribution in [1.82, 2.24) is 4.98 Å². The first-order valence-corrected chi connectivity index (χ1v) is 13.3. The number of benzene rings is 3. The molecule has 0 aliphatic carbocycles. The van der Waals surface area contributed by atoms with Gasteiger partial charge in [0.2, 0.25) is 0 Å². The molecule has 1 atom stereocenters. The molecule has 3 heterocycles. The monoisotopic (exact) mass is 556 g/mol. The van der Waals surface area contributed by atoms with Crippen LogP contribution < -0.4 is 23.8 Å². The summed E-state index contributed by atoms with van der Waals surface area (Å²) in [5.41, 5.74) is 1.52. The van der Waals surface area contributed by atoms with Crippen LogP contribution in [0.5, 0.6) is 23.0 Å². The molecule has 0 saturated carbocycles. The van der Waals surface area contributed by atoms with Crippen LogP contribution in [-0.2, 0) is 9.59 Å². The minimum atomic E-state index is -0.941. The number of ketones is 1. The lowest BCUT2D eigenvalue weighted by atomic mass is 9.95. The van der Waals surface area contributed by atoms with E-state index < -0.39 is 17.7 Å². The number of nitrogens with zero attached hydrogens (tertiary/aromatic N) is 2. The van der Waals surface area contributed by atoms with Crippen LogP contribution >= 0.6 is 11.3 Å². The lowest BCUT2D eigenvalue weighted by molar-refractivity contribution is -0.132. The number of aliphatic hydroxyl groups is 1. The molecule has 2 aliphatic heterocycles. The van der Waals surface area contributed by atoms with Gasteiger partial charge in [0.15, 0.2) is 16.6 Å². The van der Waals surface area contributed by atoms with Crippen LogP contribution in [0.4, 0.5) is 5.13 Å². The molecule has 2 aliphatic rings. The normalized spacial score (nSPS) is 17.7. The third kappa shape index (κ3) is 4.42. The van der Waals surface area contributed by atoms with E-state index in [0.717, 1.165) is 4.70 Å². The van der Waals surface area contributed by atoms with Gasteiger partial charge in [-0.2, -0.15) is 0 Å². The first-order chi connectivity index (χ1) is 19.5. The number of amides is 1. The van der Waals surface area contributed by atoms with Crippen molar-refractivity contribution < 1.29 is 33.6 Å². The number of hydrogen-bond donors (Lipinski definition) is 1. The lowest BCUT2D eigenvalue weighted by Gasteiger charge is -2.23. The molecular weight excluding hydrogens is 532 g/mol.